The van der Waals surface area contributed by atoms with Gasteiger partial charge in [0.1, 0.15) is 5.75 Å². The molecule has 2 aromatic carbocycles. The molecular formula is C20H24ClIN4O2. The van der Waals surface area contributed by atoms with Crippen LogP contribution in [0.1, 0.15) is 12.0 Å². The van der Waals surface area contributed by atoms with Crippen molar-refractivity contribution in [3.63, 3.8) is 0 Å². The zero-order chi connectivity index (χ0) is 19.1. The van der Waals surface area contributed by atoms with Gasteiger partial charge in [0, 0.05) is 31.7 Å². The molecule has 0 spiro atoms. The van der Waals surface area contributed by atoms with Crippen LogP contribution in [-0.4, -0.2) is 38.6 Å². The fourth-order valence-electron chi connectivity index (χ4n) is 2.85. The van der Waals surface area contributed by atoms with Crippen LogP contribution in [0.3, 0.4) is 0 Å². The van der Waals surface area contributed by atoms with Crippen molar-refractivity contribution in [2.45, 2.75) is 13.0 Å². The van der Waals surface area contributed by atoms with Crippen molar-refractivity contribution in [1.29, 1.82) is 0 Å². The molecule has 2 aromatic rings. The van der Waals surface area contributed by atoms with E-state index in [0.29, 0.717) is 19.6 Å². The molecule has 0 aliphatic carbocycles. The van der Waals surface area contributed by atoms with Crippen LogP contribution in [0.15, 0.2) is 53.5 Å². The maximum absolute atomic E-state index is 12.2. The smallest absolute Gasteiger partial charge is 0.265 e. The molecule has 0 unspecified atom stereocenters. The molecule has 1 aliphatic heterocycles. The van der Waals surface area contributed by atoms with E-state index in [9.17, 15) is 4.79 Å². The summed E-state index contributed by atoms with van der Waals surface area (Å²) in [6.45, 7) is 2.08. The number of aliphatic imine (C=N–C) groups is 1. The lowest BCUT2D eigenvalue weighted by atomic mass is 10.2. The van der Waals surface area contributed by atoms with Gasteiger partial charge < -0.3 is 20.3 Å². The molecule has 2 N–H and O–H groups in total. The Kier molecular flexibility index (Phi) is 8.85. The van der Waals surface area contributed by atoms with Crippen molar-refractivity contribution in [2.24, 2.45) is 4.99 Å². The number of nitrogens with zero attached hydrogens (tertiary/aromatic N) is 2. The highest BCUT2D eigenvalue weighted by Crippen LogP contribution is 2.31. The van der Waals surface area contributed by atoms with Gasteiger partial charge in [-0.25, -0.2) is 0 Å². The Hall–Kier alpha value is -2.00. The predicted octanol–water partition coefficient (Wildman–Crippen LogP) is 3.44. The lowest BCUT2D eigenvalue weighted by Gasteiger charge is -2.29. The van der Waals surface area contributed by atoms with Crippen LogP contribution in [0.25, 0.3) is 0 Å². The number of hydrogen-bond donors (Lipinski definition) is 2. The summed E-state index contributed by atoms with van der Waals surface area (Å²) in [5.74, 6) is 1.46. The van der Waals surface area contributed by atoms with Crippen LogP contribution in [0.5, 0.6) is 5.75 Å². The minimum Gasteiger partial charge on any atom is -0.482 e. The van der Waals surface area contributed by atoms with E-state index in [0.717, 1.165) is 34.4 Å². The summed E-state index contributed by atoms with van der Waals surface area (Å²) in [7, 11) is 1.74. The van der Waals surface area contributed by atoms with Crippen molar-refractivity contribution in [3.05, 3.63) is 59.1 Å². The molecule has 0 aromatic heterocycles. The highest BCUT2D eigenvalue weighted by Gasteiger charge is 2.24. The summed E-state index contributed by atoms with van der Waals surface area (Å²) in [5.41, 5.74) is 1.96. The van der Waals surface area contributed by atoms with Gasteiger partial charge in [-0.05, 0) is 36.2 Å². The van der Waals surface area contributed by atoms with Crippen LogP contribution < -0.4 is 20.3 Å². The number of amides is 1. The second-order valence-electron chi connectivity index (χ2n) is 6.13. The second-order valence-corrected chi connectivity index (χ2v) is 6.57. The molecule has 1 amide bonds. The van der Waals surface area contributed by atoms with Gasteiger partial charge in [-0.1, -0.05) is 35.9 Å². The Morgan fingerprint density at radius 2 is 1.93 bits per heavy atom. The normalized spacial score (nSPS) is 13.3. The lowest BCUT2D eigenvalue weighted by molar-refractivity contribution is -0.121. The first-order valence-electron chi connectivity index (χ1n) is 8.88. The summed E-state index contributed by atoms with van der Waals surface area (Å²) in [6, 6.07) is 15.3. The van der Waals surface area contributed by atoms with E-state index in [-0.39, 0.29) is 36.5 Å². The van der Waals surface area contributed by atoms with Crippen LogP contribution in [0.2, 0.25) is 5.02 Å². The van der Waals surface area contributed by atoms with Gasteiger partial charge in [-0.3, -0.25) is 9.79 Å². The van der Waals surface area contributed by atoms with Crippen molar-refractivity contribution < 1.29 is 9.53 Å². The fourth-order valence-corrected chi connectivity index (χ4v) is 2.98. The minimum absolute atomic E-state index is 0. The molecule has 6 nitrogen and oxygen atoms in total. The molecule has 1 aliphatic rings. The average Bonchev–Trinajstić information content (AvgIpc) is 2.70. The fraction of sp³-hybridized carbons (Fsp3) is 0.300. The first kappa shape index (κ1) is 22.3. The van der Waals surface area contributed by atoms with Crippen molar-refractivity contribution in [1.82, 2.24) is 10.6 Å². The third-order valence-electron chi connectivity index (χ3n) is 4.26. The van der Waals surface area contributed by atoms with E-state index in [1.165, 1.54) is 0 Å². The van der Waals surface area contributed by atoms with Crippen LogP contribution in [-0.2, 0) is 11.3 Å². The Bertz CT molecular complexity index is 814. The number of guanidine groups is 1. The van der Waals surface area contributed by atoms with Crippen LogP contribution in [0.4, 0.5) is 5.69 Å². The van der Waals surface area contributed by atoms with Gasteiger partial charge in [0.15, 0.2) is 12.6 Å². The molecule has 28 heavy (non-hydrogen) atoms. The number of rotatable bonds is 6. The predicted molar refractivity (Wildman–Crippen MR) is 124 cm³/mol. The number of ether oxygens (including phenoxy) is 1. The van der Waals surface area contributed by atoms with Gasteiger partial charge in [0.05, 0.1) is 5.69 Å². The number of carbonyl (C=O) groups excluding carboxylic acids is 1. The van der Waals surface area contributed by atoms with Crippen LogP contribution in [0, 0.1) is 0 Å². The highest BCUT2D eigenvalue weighted by atomic mass is 127. The van der Waals surface area contributed by atoms with Gasteiger partial charge in [-0.15, -0.1) is 24.0 Å². The summed E-state index contributed by atoms with van der Waals surface area (Å²) in [4.78, 5) is 18.2. The summed E-state index contributed by atoms with van der Waals surface area (Å²) in [6.07, 6.45) is 0.793. The highest BCUT2D eigenvalue weighted by molar-refractivity contribution is 14.0. The van der Waals surface area contributed by atoms with Gasteiger partial charge >= 0.3 is 0 Å². The maximum atomic E-state index is 12.2. The number of anilines is 1. The quantitative estimate of drug-likeness (QED) is 0.268. The Morgan fingerprint density at radius 3 is 2.68 bits per heavy atom. The number of benzene rings is 2. The zero-order valence-corrected chi connectivity index (χ0v) is 18.7. The SMILES string of the molecule is CN=C(NCCCN1C(=O)COc2ccccc21)NCc1ccc(Cl)cc1.I. The molecule has 1 heterocycles. The third kappa shape index (κ3) is 6.00. The molecular weight excluding hydrogens is 491 g/mol. The lowest BCUT2D eigenvalue weighted by Crippen LogP contribution is -2.41. The maximum Gasteiger partial charge on any atom is 0.265 e. The Balaban J connectivity index is 0.00000280. The van der Waals surface area contributed by atoms with Crippen molar-refractivity contribution in [3.8, 4) is 5.75 Å². The number of fused-ring (bicyclic) bond motifs is 1. The molecule has 3 rings (SSSR count). The minimum atomic E-state index is -0.0149. The van der Waals surface area contributed by atoms with Gasteiger partial charge in [-0.2, -0.15) is 0 Å². The van der Waals surface area contributed by atoms with E-state index in [1.54, 1.807) is 11.9 Å². The number of hydrogen-bond acceptors (Lipinski definition) is 3. The Morgan fingerprint density at radius 1 is 1.18 bits per heavy atom. The summed E-state index contributed by atoms with van der Waals surface area (Å²) in [5, 5.41) is 7.26. The van der Waals surface area contributed by atoms with Crippen molar-refractivity contribution in [2.75, 3.05) is 31.6 Å². The topological polar surface area (TPSA) is 66.0 Å². The summed E-state index contributed by atoms with van der Waals surface area (Å²) >= 11 is 5.90. The van der Waals surface area contributed by atoms with E-state index in [4.69, 9.17) is 16.3 Å². The molecule has 0 atom stereocenters. The zero-order valence-electron chi connectivity index (χ0n) is 15.7. The van der Waals surface area contributed by atoms with E-state index in [1.807, 2.05) is 48.5 Å². The molecule has 8 heteroatoms. The first-order chi connectivity index (χ1) is 13.2. The number of halogens is 2. The molecule has 150 valence electrons. The Labute approximate surface area is 187 Å². The van der Waals surface area contributed by atoms with Crippen LogP contribution >= 0.6 is 35.6 Å². The molecule has 0 saturated carbocycles. The van der Waals surface area contributed by atoms with Crippen molar-refractivity contribution >= 4 is 53.1 Å². The van der Waals surface area contributed by atoms with E-state index in [2.05, 4.69) is 15.6 Å². The molecule has 0 saturated heterocycles. The third-order valence-corrected chi connectivity index (χ3v) is 4.51. The van der Waals surface area contributed by atoms with E-state index >= 15 is 0 Å². The van der Waals surface area contributed by atoms with E-state index < -0.39 is 0 Å². The monoisotopic (exact) mass is 514 g/mol. The number of nitrogens with one attached hydrogen (secondary N) is 2. The molecule has 0 bridgehead atoms. The van der Waals surface area contributed by atoms with Gasteiger partial charge in [0.25, 0.3) is 5.91 Å². The standard InChI is InChI=1S/C20H23ClN4O2.HI/c1-22-20(24-13-15-7-9-16(21)10-8-15)23-11-4-12-25-17-5-2-3-6-18(17)27-14-19(25)26;/h2-3,5-10H,4,11-14H2,1H3,(H2,22,23,24);1H. The molecule has 0 radical (unpaired) electrons. The van der Waals surface area contributed by atoms with Gasteiger partial charge in [0.2, 0.25) is 0 Å². The average molecular weight is 515 g/mol. The largest absolute Gasteiger partial charge is 0.482 e. The number of para-hydroxylation sites is 2. The number of carbonyl (C=O) groups is 1. The second kappa shape index (κ2) is 11.1. The molecule has 0 fully saturated rings. The first-order valence-corrected chi connectivity index (χ1v) is 9.26. The summed E-state index contributed by atoms with van der Waals surface area (Å²) < 4.78 is 5.47.